The lowest BCUT2D eigenvalue weighted by Gasteiger charge is -2.31. The average molecular weight is 331 g/mol. The first-order valence-electron chi connectivity index (χ1n) is 8.56. The maximum absolute atomic E-state index is 5.46. The van der Waals surface area contributed by atoms with Gasteiger partial charge in [0.25, 0.3) is 0 Å². The number of rotatable bonds is 6. The fourth-order valence-electron chi connectivity index (χ4n) is 2.92. The molecule has 1 unspecified atom stereocenters. The lowest BCUT2D eigenvalue weighted by molar-refractivity contribution is 0.199. The quantitative estimate of drug-likeness (QED) is 0.805. The number of nitrogens with zero attached hydrogens (tertiary/aromatic N) is 5. The van der Waals surface area contributed by atoms with Crippen LogP contribution in [0.4, 0.5) is 5.95 Å². The van der Waals surface area contributed by atoms with Gasteiger partial charge in [0.15, 0.2) is 5.82 Å². The van der Waals surface area contributed by atoms with E-state index in [1.807, 2.05) is 12.3 Å². The van der Waals surface area contributed by atoms with Crippen LogP contribution in [0.5, 0.6) is 0 Å². The summed E-state index contributed by atoms with van der Waals surface area (Å²) in [6.07, 6.45) is 4.63. The molecule has 24 heavy (non-hydrogen) atoms. The summed E-state index contributed by atoms with van der Waals surface area (Å²) in [5.41, 5.74) is 1.07. The van der Waals surface area contributed by atoms with Gasteiger partial charge in [-0.05, 0) is 24.8 Å². The van der Waals surface area contributed by atoms with Gasteiger partial charge in [0, 0.05) is 38.5 Å². The van der Waals surface area contributed by atoms with Gasteiger partial charge in [-0.25, -0.2) is 9.97 Å². The summed E-state index contributed by atoms with van der Waals surface area (Å²) in [6.45, 7) is 6.66. The zero-order valence-electron chi connectivity index (χ0n) is 14.6. The minimum Gasteiger partial charge on any atom is -0.384 e. The Hall–Kier alpha value is -2.02. The van der Waals surface area contributed by atoms with Gasteiger partial charge in [0.05, 0.1) is 12.5 Å². The smallest absolute Gasteiger partial charge is 0.231 e. The highest BCUT2D eigenvalue weighted by Crippen LogP contribution is 2.28. The summed E-state index contributed by atoms with van der Waals surface area (Å²) in [5, 5.41) is 4.05. The normalized spacial score (nSPS) is 18.3. The van der Waals surface area contributed by atoms with Crippen LogP contribution in [0.3, 0.4) is 0 Å². The van der Waals surface area contributed by atoms with Crippen molar-refractivity contribution in [2.75, 3.05) is 31.7 Å². The number of ether oxygens (including phenoxy) is 1. The van der Waals surface area contributed by atoms with Gasteiger partial charge in [-0.1, -0.05) is 19.0 Å². The second-order valence-electron chi connectivity index (χ2n) is 6.51. The molecule has 0 spiro atoms. The Balaban J connectivity index is 1.70. The first kappa shape index (κ1) is 16.8. The Morgan fingerprint density at radius 1 is 1.38 bits per heavy atom. The molecule has 1 aliphatic rings. The van der Waals surface area contributed by atoms with E-state index in [1.165, 1.54) is 0 Å². The van der Waals surface area contributed by atoms with E-state index in [-0.39, 0.29) is 5.92 Å². The fraction of sp³-hybridized carbons (Fsp3) is 0.647. The predicted octanol–water partition coefficient (Wildman–Crippen LogP) is 2.56. The SMILES string of the molecule is COCCc1noc(C2CCCN(c3nccc(C(C)C)n3)C2)n1. The molecule has 2 aromatic heterocycles. The molecule has 1 fully saturated rings. The topological polar surface area (TPSA) is 77.2 Å². The van der Waals surface area contributed by atoms with Crippen molar-refractivity contribution in [1.29, 1.82) is 0 Å². The van der Waals surface area contributed by atoms with E-state index in [9.17, 15) is 0 Å². The largest absolute Gasteiger partial charge is 0.384 e. The Labute approximate surface area is 142 Å². The summed E-state index contributed by atoms with van der Waals surface area (Å²) < 4.78 is 10.5. The van der Waals surface area contributed by atoms with Crippen molar-refractivity contribution in [3.63, 3.8) is 0 Å². The van der Waals surface area contributed by atoms with Gasteiger partial charge in [-0.2, -0.15) is 4.98 Å². The predicted molar refractivity (Wildman–Crippen MR) is 90.2 cm³/mol. The van der Waals surface area contributed by atoms with E-state index < -0.39 is 0 Å². The van der Waals surface area contributed by atoms with Crippen molar-refractivity contribution in [2.24, 2.45) is 0 Å². The molecular formula is C17H25N5O2. The molecule has 1 aliphatic heterocycles. The van der Waals surface area contributed by atoms with E-state index in [1.54, 1.807) is 7.11 Å². The molecule has 0 aromatic carbocycles. The maximum atomic E-state index is 5.46. The average Bonchev–Trinajstić information content (AvgIpc) is 3.09. The molecule has 130 valence electrons. The summed E-state index contributed by atoms with van der Waals surface area (Å²) in [6, 6.07) is 1.98. The molecule has 7 nitrogen and oxygen atoms in total. The number of piperidine rings is 1. The maximum Gasteiger partial charge on any atom is 0.231 e. The van der Waals surface area contributed by atoms with Crippen LogP contribution < -0.4 is 4.90 Å². The minimum atomic E-state index is 0.230. The summed E-state index contributed by atoms with van der Waals surface area (Å²) >= 11 is 0. The molecule has 2 aromatic rings. The first-order valence-corrected chi connectivity index (χ1v) is 8.56. The number of methoxy groups -OCH3 is 1. The molecule has 0 aliphatic carbocycles. The van der Waals surface area contributed by atoms with Gasteiger partial charge in [0.2, 0.25) is 11.8 Å². The van der Waals surface area contributed by atoms with Crippen molar-refractivity contribution < 1.29 is 9.26 Å². The van der Waals surface area contributed by atoms with Crippen molar-refractivity contribution >= 4 is 5.95 Å². The molecule has 0 saturated carbocycles. The standard InChI is InChI=1S/C17H25N5O2/c1-12(2)14-6-8-18-17(19-14)22-9-4-5-13(11-22)16-20-15(21-24-16)7-10-23-3/h6,8,12-13H,4-5,7,9-11H2,1-3H3. The summed E-state index contributed by atoms with van der Waals surface area (Å²) in [4.78, 5) is 15.9. The van der Waals surface area contributed by atoms with Crippen molar-refractivity contribution in [3.05, 3.63) is 29.7 Å². The zero-order chi connectivity index (χ0) is 16.9. The Morgan fingerprint density at radius 2 is 2.25 bits per heavy atom. The van der Waals surface area contributed by atoms with Crippen molar-refractivity contribution in [3.8, 4) is 0 Å². The van der Waals surface area contributed by atoms with Crippen molar-refractivity contribution in [2.45, 2.75) is 44.9 Å². The minimum absolute atomic E-state index is 0.230. The van der Waals surface area contributed by atoms with Gasteiger partial charge in [-0.15, -0.1) is 0 Å². The number of hydrogen-bond donors (Lipinski definition) is 0. The highest BCUT2D eigenvalue weighted by molar-refractivity contribution is 5.32. The third-order valence-electron chi connectivity index (χ3n) is 4.32. The lowest BCUT2D eigenvalue weighted by atomic mass is 9.98. The monoisotopic (exact) mass is 331 g/mol. The van der Waals surface area contributed by atoms with Crippen LogP contribution in [0.2, 0.25) is 0 Å². The molecule has 1 saturated heterocycles. The van der Waals surface area contributed by atoms with E-state index in [4.69, 9.17) is 14.2 Å². The van der Waals surface area contributed by atoms with Crippen LogP contribution in [0.1, 0.15) is 55.9 Å². The van der Waals surface area contributed by atoms with Crippen LogP contribution in [0, 0.1) is 0 Å². The lowest BCUT2D eigenvalue weighted by Crippen LogP contribution is -2.35. The van der Waals surface area contributed by atoms with Gasteiger partial charge in [0.1, 0.15) is 0 Å². The van der Waals surface area contributed by atoms with Crippen molar-refractivity contribution in [1.82, 2.24) is 20.1 Å². The second-order valence-corrected chi connectivity index (χ2v) is 6.51. The fourth-order valence-corrected chi connectivity index (χ4v) is 2.92. The third-order valence-corrected chi connectivity index (χ3v) is 4.32. The Kier molecular flexibility index (Phi) is 5.40. The summed E-state index contributed by atoms with van der Waals surface area (Å²) in [5.74, 6) is 2.85. The molecular weight excluding hydrogens is 306 g/mol. The van der Waals surface area contributed by atoms with Crippen LogP contribution in [-0.2, 0) is 11.2 Å². The van der Waals surface area contributed by atoms with E-state index in [0.717, 1.165) is 37.6 Å². The van der Waals surface area contributed by atoms with E-state index in [2.05, 4.69) is 33.9 Å². The Bertz CT molecular complexity index is 658. The van der Waals surface area contributed by atoms with E-state index >= 15 is 0 Å². The van der Waals surface area contributed by atoms with Gasteiger partial charge < -0.3 is 14.2 Å². The van der Waals surface area contributed by atoms with Crippen LogP contribution in [0.15, 0.2) is 16.8 Å². The molecule has 7 heteroatoms. The highest BCUT2D eigenvalue weighted by atomic mass is 16.5. The molecule has 1 atom stereocenters. The number of hydrogen-bond acceptors (Lipinski definition) is 7. The van der Waals surface area contributed by atoms with Crippen LogP contribution in [-0.4, -0.2) is 46.9 Å². The van der Waals surface area contributed by atoms with E-state index in [0.29, 0.717) is 30.7 Å². The molecule has 3 heterocycles. The zero-order valence-corrected chi connectivity index (χ0v) is 14.6. The van der Waals surface area contributed by atoms with Crippen LogP contribution >= 0.6 is 0 Å². The number of anilines is 1. The molecule has 3 rings (SSSR count). The molecule has 0 radical (unpaired) electrons. The molecule has 0 N–H and O–H groups in total. The van der Waals surface area contributed by atoms with Crippen LogP contribution in [0.25, 0.3) is 0 Å². The molecule has 0 bridgehead atoms. The molecule has 0 amide bonds. The Morgan fingerprint density at radius 3 is 3.04 bits per heavy atom. The number of aromatic nitrogens is 4. The summed E-state index contributed by atoms with van der Waals surface area (Å²) in [7, 11) is 1.67. The highest BCUT2D eigenvalue weighted by Gasteiger charge is 2.27. The van der Waals surface area contributed by atoms with Gasteiger partial charge in [-0.3, -0.25) is 0 Å². The second kappa shape index (κ2) is 7.70. The third kappa shape index (κ3) is 3.90. The van der Waals surface area contributed by atoms with Gasteiger partial charge >= 0.3 is 0 Å². The first-order chi connectivity index (χ1) is 11.7.